The SMILES string of the molecule is NNc1ccc(Cl)c(Cn2ccc(=O)cc2)n1. The Hall–Kier alpha value is -1.85. The van der Waals surface area contributed by atoms with E-state index >= 15 is 0 Å². The number of anilines is 1. The van der Waals surface area contributed by atoms with E-state index in [9.17, 15) is 4.79 Å². The van der Waals surface area contributed by atoms with Crippen molar-refractivity contribution in [2.45, 2.75) is 6.54 Å². The van der Waals surface area contributed by atoms with Crippen LogP contribution in [0, 0.1) is 0 Å². The summed E-state index contributed by atoms with van der Waals surface area (Å²) in [5, 5.41) is 0.558. The highest BCUT2D eigenvalue weighted by Crippen LogP contribution is 2.17. The second-order valence-corrected chi connectivity index (χ2v) is 3.88. The minimum atomic E-state index is -0.0299. The lowest BCUT2D eigenvalue weighted by molar-refractivity contribution is 0.766. The molecule has 2 aromatic rings. The van der Waals surface area contributed by atoms with Gasteiger partial charge in [0.25, 0.3) is 0 Å². The average Bonchev–Trinajstić information content (AvgIpc) is 2.35. The highest BCUT2D eigenvalue weighted by Gasteiger charge is 2.03. The predicted octanol–water partition coefficient (Wildman–Crippen LogP) is 1.23. The van der Waals surface area contributed by atoms with Crippen molar-refractivity contribution >= 4 is 17.4 Å². The molecule has 88 valence electrons. The van der Waals surface area contributed by atoms with Gasteiger partial charge in [-0.15, -0.1) is 0 Å². The van der Waals surface area contributed by atoms with Gasteiger partial charge in [-0.05, 0) is 12.1 Å². The van der Waals surface area contributed by atoms with E-state index in [0.717, 1.165) is 0 Å². The molecule has 5 nitrogen and oxygen atoms in total. The maximum absolute atomic E-state index is 11.0. The Kier molecular flexibility index (Phi) is 3.41. The number of hydrogen-bond acceptors (Lipinski definition) is 4. The first-order valence-corrected chi connectivity index (χ1v) is 5.35. The summed E-state index contributed by atoms with van der Waals surface area (Å²) in [6, 6.07) is 6.39. The van der Waals surface area contributed by atoms with Gasteiger partial charge in [0, 0.05) is 24.5 Å². The topological polar surface area (TPSA) is 72.9 Å². The molecule has 17 heavy (non-hydrogen) atoms. The third-order valence-corrected chi connectivity index (χ3v) is 2.60. The maximum atomic E-state index is 11.0. The van der Waals surface area contributed by atoms with Gasteiger partial charge in [0.2, 0.25) is 0 Å². The minimum Gasteiger partial charge on any atom is -0.348 e. The number of aromatic nitrogens is 2. The van der Waals surface area contributed by atoms with E-state index < -0.39 is 0 Å². The van der Waals surface area contributed by atoms with Gasteiger partial charge in [-0.25, -0.2) is 10.8 Å². The number of hydrazine groups is 1. The van der Waals surface area contributed by atoms with Crippen LogP contribution in [0.15, 0.2) is 41.5 Å². The smallest absolute Gasteiger partial charge is 0.181 e. The number of rotatable bonds is 3. The van der Waals surface area contributed by atoms with E-state index in [0.29, 0.717) is 23.1 Å². The molecule has 0 aromatic carbocycles. The van der Waals surface area contributed by atoms with Gasteiger partial charge in [0.1, 0.15) is 5.82 Å². The van der Waals surface area contributed by atoms with Crippen molar-refractivity contribution in [3.63, 3.8) is 0 Å². The van der Waals surface area contributed by atoms with Crippen LogP contribution in [0.1, 0.15) is 5.69 Å². The fourth-order valence-corrected chi connectivity index (χ4v) is 1.56. The number of nitrogen functional groups attached to an aromatic ring is 1. The average molecular weight is 251 g/mol. The van der Waals surface area contributed by atoms with Gasteiger partial charge in [0.15, 0.2) is 5.43 Å². The Morgan fingerprint density at radius 3 is 2.65 bits per heavy atom. The van der Waals surface area contributed by atoms with Gasteiger partial charge in [-0.2, -0.15) is 0 Å². The Bertz CT molecular complexity index is 561. The summed E-state index contributed by atoms with van der Waals surface area (Å²) in [5.74, 6) is 5.83. The molecule has 0 aliphatic heterocycles. The molecule has 0 fully saturated rings. The van der Waals surface area contributed by atoms with E-state index in [-0.39, 0.29) is 5.43 Å². The predicted molar refractivity (Wildman–Crippen MR) is 66.9 cm³/mol. The summed E-state index contributed by atoms with van der Waals surface area (Å²) in [4.78, 5) is 15.2. The summed E-state index contributed by atoms with van der Waals surface area (Å²) < 4.78 is 1.82. The number of hydrogen-bond donors (Lipinski definition) is 2. The van der Waals surface area contributed by atoms with Crippen LogP contribution in [0.4, 0.5) is 5.82 Å². The molecule has 0 saturated carbocycles. The summed E-state index contributed by atoms with van der Waals surface area (Å²) in [5.41, 5.74) is 3.12. The molecule has 0 aliphatic rings. The number of halogens is 1. The van der Waals surface area contributed by atoms with Crippen molar-refractivity contribution in [1.29, 1.82) is 0 Å². The number of pyridine rings is 2. The fourth-order valence-electron chi connectivity index (χ4n) is 1.40. The Balaban J connectivity index is 2.28. The summed E-state index contributed by atoms with van der Waals surface area (Å²) in [6.45, 7) is 0.481. The molecule has 0 bridgehead atoms. The lowest BCUT2D eigenvalue weighted by Gasteiger charge is -2.08. The van der Waals surface area contributed by atoms with Gasteiger partial charge in [-0.3, -0.25) is 4.79 Å². The summed E-state index contributed by atoms with van der Waals surface area (Å²) in [7, 11) is 0. The van der Waals surface area contributed by atoms with Crippen molar-refractivity contribution in [2.75, 3.05) is 5.43 Å². The second-order valence-electron chi connectivity index (χ2n) is 3.48. The van der Waals surface area contributed by atoms with Crippen molar-refractivity contribution < 1.29 is 0 Å². The molecule has 2 aromatic heterocycles. The lowest BCUT2D eigenvalue weighted by Crippen LogP contribution is -2.11. The van der Waals surface area contributed by atoms with Crippen LogP contribution in [-0.2, 0) is 6.54 Å². The standard InChI is InChI=1S/C11H11ClN4O/c12-9-1-2-11(15-13)14-10(9)7-16-5-3-8(17)4-6-16/h1-6H,7,13H2,(H,14,15). The molecule has 0 aliphatic carbocycles. The van der Waals surface area contributed by atoms with Crippen molar-refractivity contribution in [1.82, 2.24) is 9.55 Å². The lowest BCUT2D eigenvalue weighted by atomic mass is 10.3. The Morgan fingerprint density at radius 1 is 1.29 bits per heavy atom. The largest absolute Gasteiger partial charge is 0.348 e. The van der Waals surface area contributed by atoms with E-state index in [4.69, 9.17) is 17.4 Å². The van der Waals surface area contributed by atoms with Crippen molar-refractivity contribution in [2.24, 2.45) is 5.84 Å². The molecule has 6 heteroatoms. The number of nitrogens with two attached hydrogens (primary N) is 1. The van der Waals surface area contributed by atoms with E-state index in [1.165, 1.54) is 12.1 Å². The minimum absolute atomic E-state index is 0.0299. The van der Waals surface area contributed by atoms with Crippen molar-refractivity contribution in [3.8, 4) is 0 Å². The van der Waals surface area contributed by atoms with E-state index in [2.05, 4.69) is 10.4 Å². The van der Waals surface area contributed by atoms with Crippen LogP contribution in [0.3, 0.4) is 0 Å². The van der Waals surface area contributed by atoms with E-state index in [1.54, 1.807) is 24.5 Å². The second kappa shape index (κ2) is 4.99. The molecule has 3 N–H and O–H groups in total. The number of nitrogens with one attached hydrogen (secondary N) is 1. The normalized spacial score (nSPS) is 10.2. The first kappa shape index (κ1) is 11.6. The zero-order chi connectivity index (χ0) is 12.3. The van der Waals surface area contributed by atoms with Crippen molar-refractivity contribution in [3.05, 3.63) is 57.6 Å². The monoisotopic (exact) mass is 250 g/mol. The summed E-state index contributed by atoms with van der Waals surface area (Å²) >= 11 is 6.03. The zero-order valence-corrected chi connectivity index (χ0v) is 9.69. The third-order valence-electron chi connectivity index (χ3n) is 2.26. The van der Waals surface area contributed by atoms with Crippen LogP contribution in [0.5, 0.6) is 0 Å². The maximum Gasteiger partial charge on any atom is 0.181 e. The van der Waals surface area contributed by atoms with Crippen LogP contribution in [-0.4, -0.2) is 9.55 Å². The van der Waals surface area contributed by atoms with Gasteiger partial charge in [-0.1, -0.05) is 11.6 Å². The van der Waals surface area contributed by atoms with Gasteiger partial charge in [0.05, 0.1) is 17.3 Å². The van der Waals surface area contributed by atoms with Crippen LogP contribution < -0.4 is 16.7 Å². The molecule has 0 saturated heterocycles. The fraction of sp³-hybridized carbons (Fsp3) is 0.0909. The molecule has 0 radical (unpaired) electrons. The highest BCUT2D eigenvalue weighted by molar-refractivity contribution is 6.31. The Labute approximate surface area is 103 Å². The molecule has 0 amide bonds. The molecule has 2 rings (SSSR count). The molecule has 0 unspecified atom stereocenters. The molecule has 2 heterocycles. The highest BCUT2D eigenvalue weighted by atomic mass is 35.5. The zero-order valence-electron chi connectivity index (χ0n) is 8.93. The molecular weight excluding hydrogens is 240 g/mol. The summed E-state index contributed by atoms with van der Waals surface area (Å²) in [6.07, 6.45) is 3.37. The van der Waals surface area contributed by atoms with Gasteiger partial charge >= 0.3 is 0 Å². The Morgan fingerprint density at radius 2 is 2.00 bits per heavy atom. The molecular formula is C11H11ClN4O. The third kappa shape index (κ3) is 2.83. The molecule has 0 spiro atoms. The number of nitrogens with zero attached hydrogens (tertiary/aromatic N) is 2. The quantitative estimate of drug-likeness (QED) is 0.635. The first-order chi connectivity index (χ1) is 8.19. The molecule has 0 atom stereocenters. The van der Waals surface area contributed by atoms with Crippen LogP contribution in [0.25, 0.3) is 0 Å². The van der Waals surface area contributed by atoms with Crippen LogP contribution in [0.2, 0.25) is 5.02 Å². The van der Waals surface area contributed by atoms with Crippen LogP contribution >= 0.6 is 11.6 Å². The van der Waals surface area contributed by atoms with E-state index in [1.807, 2.05) is 4.57 Å². The first-order valence-electron chi connectivity index (χ1n) is 4.97. The van der Waals surface area contributed by atoms with Gasteiger partial charge < -0.3 is 9.99 Å².